The van der Waals surface area contributed by atoms with E-state index in [1.54, 1.807) is 24.3 Å². The maximum Gasteiger partial charge on any atom is 0.229 e. The van der Waals surface area contributed by atoms with Gasteiger partial charge in [-0.3, -0.25) is 9.52 Å². The molecule has 2 rings (SSSR count). The van der Waals surface area contributed by atoms with E-state index >= 15 is 0 Å². The molecule has 1 aromatic rings. The van der Waals surface area contributed by atoms with Gasteiger partial charge in [-0.15, -0.1) is 12.4 Å². The molecule has 1 fully saturated rings. The zero-order valence-corrected chi connectivity index (χ0v) is 15.0. The van der Waals surface area contributed by atoms with Crippen LogP contribution in [-0.2, 0) is 14.8 Å². The largest absolute Gasteiger partial charge is 0.326 e. The second-order valence-corrected chi connectivity index (χ2v) is 7.99. The molecule has 1 amide bonds. The predicted octanol–water partition coefficient (Wildman–Crippen LogP) is 2.33. The number of amides is 1. The zero-order chi connectivity index (χ0) is 16.4. The normalized spacial score (nSPS) is 24.4. The molecule has 0 saturated heterocycles. The molecule has 130 valence electrons. The standard InChI is InChI=1S/C15H23N3O3S.ClH/c1-15(16)10-4-3-5-13(15)14(19)17-11-6-8-12(9-7-11)18-22(2,20)21;/h6-9,13,18H,3-5,10,16H2,1-2H3,(H,17,19);1H. The van der Waals surface area contributed by atoms with Gasteiger partial charge in [-0.1, -0.05) is 12.8 Å². The molecule has 1 aliphatic rings. The highest BCUT2D eigenvalue weighted by molar-refractivity contribution is 7.92. The lowest BCUT2D eigenvalue weighted by Gasteiger charge is -2.37. The first-order valence-electron chi connectivity index (χ1n) is 7.35. The Labute approximate surface area is 143 Å². The number of halogens is 1. The van der Waals surface area contributed by atoms with E-state index in [0.717, 1.165) is 31.9 Å². The Hall–Kier alpha value is -1.31. The smallest absolute Gasteiger partial charge is 0.229 e. The Bertz CT molecular complexity index is 644. The van der Waals surface area contributed by atoms with Crippen LogP contribution in [0.2, 0.25) is 0 Å². The van der Waals surface area contributed by atoms with Crippen molar-refractivity contribution >= 4 is 39.7 Å². The quantitative estimate of drug-likeness (QED) is 0.765. The Morgan fingerprint density at radius 3 is 2.30 bits per heavy atom. The fraction of sp³-hybridized carbons (Fsp3) is 0.533. The van der Waals surface area contributed by atoms with Gasteiger partial charge < -0.3 is 11.1 Å². The summed E-state index contributed by atoms with van der Waals surface area (Å²) in [6.07, 6.45) is 4.81. The minimum atomic E-state index is -3.30. The van der Waals surface area contributed by atoms with Crippen molar-refractivity contribution in [1.29, 1.82) is 0 Å². The summed E-state index contributed by atoms with van der Waals surface area (Å²) in [5.74, 6) is -0.274. The van der Waals surface area contributed by atoms with E-state index < -0.39 is 15.6 Å². The number of rotatable bonds is 4. The average Bonchev–Trinajstić information content (AvgIpc) is 2.38. The second kappa shape index (κ2) is 7.51. The molecule has 2 atom stereocenters. The third kappa shape index (κ3) is 5.67. The van der Waals surface area contributed by atoms with Crippen LogP contribution in [0, 0.1) is 5.92 Å². The second-order valence-electron chi connectivity index (χ2n) is 6.25. The number of hydrogen-bond donors (Lipinski definition) is 3. The molecule has 1 saturated carbocycles. The maximum atomic E-state index is 12.4. The third-order valence-corrected chi connectivity index (χ3v) is 4.63. The first kappa shape index (κ1) is 19.7. The molecule has 2 unspecified atom stereocenters. The van der Waals surface area contributed by atoms with Crippen LogP contribution in [0.4, 0.5) is 11.4 Å². The summed E-state index contributed by atoms with van der Waals surface area (Å²) in [7, 11) is -3.30. The van der Waals surface area contributed by atoms with E-state index in [1.807, 2.05) is 6.92 Å². The Kier molecular flexibility index (Phi) is 6.44. The summed E-state index contributed by atoms with van der Waals surface area (Å²) in [5.41, 5.74) is 6.85. The van der Waals surface area contributed by atoms with Crippen LogP contribution < -0.4 is 15.8 Å². The van der Waals surface area contributed by atoms with E-state index in [4.69, 9.17) is 5.73 Å². The van der Waals surface area contributed by atoms with Crippen LogP contribution >= 0.6 is 12.4 Å². The number of carbonyl (C=O) groups excluding carboxylic acids is 1. The number of carbonyl (C=O) groups is 1. The molecular weight excluding hydrogens is 338 g/mol. The minimum absolute atomic E-state index is 0. The number of hydrogen-bond acceptors (Lipinski definition) is 4. The summed E-state index contributed by atoms with van der Waals surface area (Å²) < 4.78 is 24.7. The summed E-state index contributed by atoms with van der Waals surface area (Å²) in [4.78, 5) is 12.4. The van der Waals surface area contributed by atoms with Gasteiger partial charge in [0.1, 0.15) is 0 Å². The highest BCUT2D eigenvalue weighted by Crippen LogP contribution is 2.32. The van der Waals surface area contributed by atoms with Crippen molar-refractivity contribution in [2.45, 2.75) is 38.1 Å². The van der Waals surface area contributed by atoms with Crippen molar-refractivity contribution in [3.8, 4) is 0 Å². The first-order valence-corrected chi connectivity index (χ1v) is 9.24. The van der Waals surface area contributed by atoms with Gasteiger partial charge in [0.15, 0.2) is 0 Å². The van der Waals surface area contributed by atoms with Crippen molar-refractivity contribution in [1.82, 2.24) is 0 Å². The van der Waals surface area contributed by atoms with E-state index in [2.05, 4.69) is 10.0 Å². The van der Waals surface area contributed by atoms with Gasteiger partial charge in [0.25, 0.3) is 0 Å². The van der Waals surface area contributed by atoms with E-state index in [-0.39, 0.29) is 24.2 Å². The number of nitrogens with one attached hydrogen (secondary N) is 2. The van der Waals surface area contributed by atoms with E-state index in [9.17, 15) is 13.2 Å². The number of benzene rings is 1. The van der Waals surface area contributed by atoms with Crippen LogP contribution in [0.5, 0.6) is 0 Å². The molecule has 23 heavy (non-hydrogen) atoms. The van der Waals surface area contributed by atoms with Crippen LogP contribution in [0.15, 0.2) is 24.3 Å². The summed E-state index contributed by atoms with van der Waals surface area (Å²) >= 11 is 0. The zero-order valence-electron chi connectivity index (χ0n) is 13.3. The molecule has 0 heterocycles. The van der Waals surface area contributed by atoms with Crippen molar-refractivity contribution in [3.63, 3.8) is 0 Å². The Morgan fingerprint density at radius 1 is 1.22 bits per heavy atom. The molecule has 1 aliphatic carbocycles. The molecule has 4 N–H and O–H groups in total. The fourth-order valence-electron chi connectivity index (χ4n) is 2.85. The van der Waals surface area contributed by atoms with Crippen LogP contribution in [0.1, 0.15) is 32.6 Å². The Balaban J connectivity index is 0.00000264. The number of anilines is 2. The maximum absolute atomic E-state index is 12.4. The number of sulfonamides is 1. The monoisotopic (exact) mass is 361 g/mol. The fourth-order valence-corrected chi connectivity index (χ4v) is 3.42. The van der Waals surface area contributed by atoms with E-state index in [0.29, 0.717) is 11.4 Å². The lowest BCUT2D eigenvalue weighted by molar-refractivity contribution is -0.122. The van der Waals surface area contributed by atoms with Gasteiger partial charge >= 0.3 is 0 Å². The molecule has 0 bridgehead atoms. The minimum Gasteiger partial charge on any atom is -0.326 e. The van der Waals surface area contributed by atoms with Crippen LogP contribution in [0.3, 0.4) is 0 Å². The molecule has 0 radical (unpaired) electrons. The van der Waals surface area contributed by atoms with Crippen molar-refractivity contribution in [3.05, 3.63) is 24.3 Å². The van der Waals surface area contributed by atoms with Crippen molar-refractivity contribution < 1.29 is 13.2 Å². The molecule has 1 aromatic carbocycles. The van der Waals surface area contributed by atoms with E-state index in [1.165, 1.54) is 0 Å². The lowest BCUT2D eigenvalue weighted by Crippen LogP contribution is -2.51. The lowest BCUT2D eigenvalue weighted by atomic mass is 9.74. The Morgan fingerprint density at radius 2 is 1.78 bits per heavy atom. The summed E-state index contributed by atoms with van der Waals surface area (Å²) in [6.45, 7) is 1.93. The molecule has 0 aliphatic heterocycles. The highest BCUT2D eigenvalue weighted by atomic mass is 35.5. The van der Waals surface area contributed by atoms with Crippen molar-refractivity contribution in [2.75, 3.05) is 16.3 Å². The van der Waals surface area contributed by atoms with Crippen LogP contribution in [0.25, 0.3) is 0 Å². The van der Waals surface area contributed by atoms with Crippen LogP contribution in [-0.4, -0.2) is 26.1 Å². The van der Waals surface area contributed by atoms with Gasteiger partial charge in [-0.05, 0) is 44.0 Å². The molecule has 8 heteroatoms. The molecule has 0 spiro atoms. The molecule has 6 nitrogen and oxygen atoms in total. The van der Waals surface area contributed by atoms with Gasteiger partial charge in [-0.2, -0.15) is 0 Å². The SMILES string of the molecule is CC1(N)CCCCC1C(=O)Nc1ccc(NS(C)(=O)=O)cc1.Cl. The topological polar surface area (TPSA) is 101 Å². The van der Waals surface area contributed by atoms with Gasteiger partial charge in [-0.25, -0.2) is 8.42 Å². The molecule has 0 aromatic heterocycles. The highest BCUT2D eigenvalue weighted by Gasteiger charge is 2.37. The average molecular weight is 362 g/mol. The third-order valence-electron chi connectivity index (χ3n) is 4.03. The first-order chi connectivity index (χ1) is 10.2. The van der Waals surface area contributed by atoms with Crippen molar-refractivity contribution in [2.24, 2.45) is 11.7 Å². The predicted molar refractivity (Wildman–Crippen MR) is 95.3 cm³/mol. The number of nitrogens with two attached hydrogens (primary N) is 1. The van der Waals surface area contributed by atoms with Gasteiger partial charge in [0.2, 0.25) is 15.9 Å². The summed E-state index contributed by atoms with van der Waals surface area (Å²) in [5, 5.41) is 2.86. The van der Waals surface area contributed by atoms with Gasteiger partial charge in [0.05, 0.1) is 12.2 Å². The summed E-state index contributed by atoms with van der Waals surface area (Å²) in [6, 6.07) is 6.56. The van der Waals surface area contributed by atoms with Gasteiger partial charge in [0, 0.05) is 16.9 Å². The molecular formula is C15H24ClN3O3S.